The summed E-state index contributed by atoms with van der Waals surface area (Å²) < 4.78 is 0. The molecule has 1 N–H and O–H groups in total. The van der Waals surface area contributed by atoms with Crippen LogP contribution in [0, 0.1) is 6.92 Å². The van der Waals surface area contributed by atoms with Crippen LogP contribution in [0.4, 0.5) is 5.69 Å². The third-order valence-corrected chi connectivity index (χ3v) is 5.62. The van der Waals surface area contributed by atoms with Gasteiger partial charge >= 0.3 is 0 Å². The Balaban J connectivity index is 1.61. The molecule has 0 spiro atoms. The molecule has 2 aromatic rings. The summed E-state index contributed by atoms with van der Waals surface area (Å²) in [5.74, 6) is 0. The summed E-state index contributed by atoms with van der Waals surface area (Å²) in [7, 11) is 0. The molecule has 3 heteroatoms. The minimum atomic E-state index is 0.214. The average molecular weight is 366 g/mol. The number of rotatable bonds is 6. The monoisotopic (exact) mass is 365 g/mol. The maximum Gasteiger partial charge on any atom is 0.0369 e. The zero-order chi connectivity index (χ0) is 19.3. The van der Waals surface area contributed by atoms with Gasteiger partial charge in [0.2, 0.25) is 0 Å². The summed E-state index contributed by atoms with van der Waals surface area (Å²) in [6.45, 7) is 14.7. The Hall–Kier alpha value is -1.84. The van der Waals surface area contributed by atoms with Gasteiger partial charge < -0.3 is 5.32 Å². The van der Waals surface area contributed by atoms with Gasteiger partial charge in [-0.1, -0.05) is 48.5 Å². The normalized spacial score (nSPS) is 19.2. The predicted molar refractivity (Wildman–Crippen MR) is 116 cm³/mol. The molecule has 0 unspecified atom stereocenters. The maximum atomic E-state index is 3.65. The Morgan fingerprint density at radius 2 is 1.67 bits per heavy atom. The van der Waals surface area contributed by atoms with Crippen molar-refractivity contribution in [3.8, 4) is 0 Å². The van der Waals surface area contributed by atoms with Crippen LogP contribution in [0.5, 0.6) is 0 Å². The van der Waals surface area contributed by atoms with Crippen LogP contribution in [0.1, 0.15) is 38.3 Å². The van der Waals surface area contributed by atoms with E-state index in [-0.39, 0.29) is 5.54 Å². The molecule has 0 saturated carbocycles. The Morgan fingerprint density at radius 1 is 0.963 bits per heavy atom. The molecule has 0 aliphatic carbocycles. The number of hydrogen-bond donors (Lipinski definition) is 1. The Labute approximate surface area is 165 Å². The molecule has 0 bridgehead atoms. The van der Waals surface area contributed by atoms with Crippen LogP contribution < -0.4 is 5.32 Å². The average Bonchev–Trinajstić information content (AvgIpc) is 2.63. The van der Waals surface area contributed by atoms with E-state index in [1.807, 2.05) is 0 Å². The van der Waals surface area contributed by atoms with E-state index in [0.717, 1.165) is 39.1 Å². The van der Waals surface area contributed by atoms with Crippen molar-refractivity contribution in [1.29, 1.82) is 0 Å². The molecule has 3 rings (SSSR count). The molecule has 3 nitrogen and oxygen atoms in total. The van der Waals surface area contributed by atoms with E-state index in [1.54, 1.807) is 0 Å². The first kappa shape index (κ1) is 19.9. The lowest BCUT2D eigenvalue weighted by Crippen LogP contribution is -2.59. The predicted octanol–water partition coefficient (Wildman–Crippen LogP) is 4.78. The fraction of sp³-hybridized carbons (Fsp3) is 0.500. The van der Waals surface area contributed by atoms with Gasteiger partial charge in [0.25, 0.3) is 0 Å². The van der Waals surface area contributed by atoms with E-state index in [2.05, 4.69) is 97.4 Å². The highest BCUT2D eigenvalue weighted by atomic mass is 15.3. The van der Waals surface area contributed by atoms with Crippen molar-refractivity contribution in [3.05, 3.63) is 65.7 Å². The standard InChI is InChI=1S/C24H35N3/c1-20-10-8-9-13-23(20)25-15-14-22-19-26(16-17-27(22)24(2,3)4)18-21-11-6-5-7-12-21/h5-13,22,25H,14-19H2,1-4H3/t22-/m1/s1. The number of aryl methyl sites for hydroxylation is 1. The SMILES string of the molecule is Cc1ccccc1NCC[C@@H]1CN(Cc2ccccc2)CCN1C(C)(C)C. The highest BCUT2D eigenvalue weighted by Gasteiger charge is 2.33. The molecule has 1 saturated heterocycles. The quantitative estimate of drug-likeness (QED) is 0.794. The van der Waals surface area contributed by atoms with Crippen LogP contribution in [0.2, 0.25) is 0 Å². The van der Waals surface area contributed by atoms with Gasteiger partial charge in [-0.3, -0.25) is 9.80 Å². The van der Waals surface area contributed by atoms with Crippen molar-refractivity contribution in [2.24, 2.45) is 0 Å². The van der Waals surface area contributed by atoms with E-state index in [1.165, 1.54) is 16.8 Å². The Morgan fingerprint density at radius 3 is 2.37 bits per heavy atom. The molecular weight excluding hydrogens is 330 g/mol. The van der Waals surface area contributed by atoms with Crippen molar-refractivity contribution < 1.29 is 0 Å². The second-order valence-corrected chi connectivity index (χ2v) is 8.77. The number of nitrogens with one attached hydrogen (secondary N) is 1. The Kier molecular flexibility index (Phi) is 6.56. The first-order valence-corrected chi connectivity index (χ1v) is 10.3. The van der Waals surface area contributed by atoms with E-state index >= 15 is 0 Å². The number of nitrogens with zero attached hydrogens (tertiary/aromatic N) is 2. The third-order valence-electron chi connectivity index (χ3n) is 5.62. The summed E-state index contributed by atoms with van der Waals surface area (Å²) in [6, 6.07) is 20.0. The lowest BCUT2D eigenvalue weighted by Gasteiger charge is -2.48. The van der Waals surface area contributed by atoms with E-state index in [0.29, 0.717) is 6.04 Å². The first-order chi connectivity index (χ1) is 12.9. The van der Waals surface area contributed by atoms with Crippen LogP contribution in [-0.4, -0.2) is 47.6 Å². The Bertz CT molecular complexity index is 705. The van der Waals surface area contributed by atoms with Gasteiger partial charge in [0.15, 0.2) is 0 Å². The molecule has 2 aromatic carbocycles. The van der Waals surface area contributed by atoms with Gasteiger partial charge in [0, 0.05) is 50.0 Å². The van der Waals surface area contributed by atoms with Crippen molar-refractivity contribution >= 4 is 5.69 Å². The van der Waals surface area contributed by atoms with Crippen molar-refractivity contribution in [2.45, 2.75) is 52.2 Å². The van der Waals surface area contributed by atoms with Crippen LogP contribution in [0.25, 0.3) is 0 Å². The van der Waals surface area contributed by atoms with Gasteiger partial charge in [0.1, 0.15) is 0 Å². The molecule has 27 heavy (non-hydrogen) atoms. The number of hydrogen-bond acceptors (Lipinski definition) is 3. The molecule has 0 aromatic heterocycles. The molecule has 1 heterocycles. The second kappa shape index (κ2) is 8.90. The van der Waals surface area contributed by atoms with Crippen LogP contribution >= 0.6 is 0 Å². The summed E-state index contributed by atoms with van der Waals surface area (Å²) in [6.07, 6.45) is 1.16. The maximum absolute atomic E-state index is 3.65. The lowest BCUT2D eigenvalue weighted by atomic mass is 9.98. The van der Waals surface area contributed by atoms with Crippen molar-refractivity contribution in [2.75, 3.05) is 31.5 Å². The number of benzene rings is 2. The van der Waals surface area contributed by atoms with Gasteiger partial charge in [-0.25, -0.2) is 0 Å². The molecule has 146 valence electrons. The zero-order valence-corrected chi connectivity index (χ0v) is 17.4. The summed E-state index contributed by atoms with van der Waals surface area (Å²) in [5.41, 5.74) is 4.21. The third kappa shape index (κ3) is 5.57. The molecule has 1 aliphatic heterocycles. The van der Waals surface area contributed by atoms with E-state index in [4.69, 9.17) is 0 Å². The zero-order valence-electron chi connectivity index (χ0n) is 17.4. The number of para-hydroxylation sites is 1. The number of anilines is 1. The van der Waals surface area contributed by atoms with Gasteiger partial charge in [-0.05, 0) is 51.3 Å². The van der Waals surface area contributed by atoms with Crippen molar-refractivity contribution in [3.63, 3.8) is 0 Å². The fourth-order valence-electron chi connectivity index (χ4n) is 4.18. The lowest BCUT2D eigenvalue weighted by molar-refractivity contribution is 0.00512. The molecule has 0 amide bonds. The van der Waals surface area contributed by atoms with Crippen LogP contribution in [0.3, 0.4) is 0 Å². The minimum absolute atomic E-state index is 0.214. The summed E-state index contributed by atoms with van der Waals surface area (Å²) in [5, 5.41) is 3.65. The summed E-state index contributed by atoms with van der Waals surface area (Å²) >= 11 is 0. The first-order valence-electron chi connectivity index (χ1n) is 10.3. The fourth-order valence-corrected chi connectivity index (χ4v) is 4.18. The topological polar surface area (TPSA) is 18.5 Å². The summed E-state index contributed by atoms with van der Waals surface area (Å²) in [4.78, 5) is 5.32. The molecule has 0 radical (unpaired) electrons. The van der Waals surface area contributed by atoms with Crippen LogP contribution in [0.15, 0.2) is 54.6 Å². The van der Waals surface area contributed by atoms with E-state index < -0.39 is 0 Å². The van der Waals surface area contributed by atoms with Gasteiger partial charge in [-0.2, -0.15) is 0 Å². The highest BCUT2D eigenvalue weighted by Crippen LogP contribution is 2.24. The van der Waals surface area contributed by atoms with Crippen molar-refractivity contribution in [1.82, 2.24) is 9.80 Å². The molecular formula is C24H35N3. The number of piperazine rings is 1. The molecule has 1 atom stereocenters. The van der Waals surface area contributed by atoms with E-state index in [9.17, 15) is 0 Å². The van der Waals surface area contributed by atoms with Crippen LogP contribution in [-0.2, 0) is 6.54 Å². The molecule has 1 aliphatic rings. The smallest absolute Gasteiger partial charge is 0.0369 e. The largest absolute Gasteiger partial charge is 0.385 e. The highest BCUT2D eigenvalue weighted by molar-refractivity contribution is 5.50. The minimum Gasteiger partial charge on any atom is -0.385 e. The van der Waals surface area contributed by atoms with Gasteiger partial charge in [-0.15, -0.1) is 0 Å². The molecule has 1 fully saturated rings. The van der Waals surface area contributed by atoms with Gasteiger partial charge in [0.05, 0.1) is 0 Å². The second-order valence-electron chi connectivity index (χ2n) is 8.77.